The van der Waals surface area contributed by atoms with E-state index < -0.39 is 37.6 Å². The first kappa shape index (κ1) is 16.8. The molecule has 10 heteroatoms. The van der Waals surface area contributed by atoms with Gasteiger partial charge in [0, 0.05) is 25.4 Å². The number of aliphatic hydroxyl groups excluding tert-OH is 1. The molecule has 0 spiro atoms. The van der Waals surface area contributed by atoms with Crippen LogP contribution in [0, 0.1) is 0 Å². The van der Waals surface area contributed by atoms with Crippen molar-refractivity contribution < 1.29 is 28.6 Å². The van der Waals surface area contributed by atoms with Gasteiger partial charge in [0.2, 0.25) is 0 Å². The molecule has 0 aromatic carbocycles. The summed E-state index contributed by atoms with van der Waals surface area (Å²) in [6, 6.07) is -2.41. The number of hydrogen-bond donors (Lipinski definition) is 3. The quantitative estimate of drug-likeness (QED) is 0.647. The normalized spacial score (nSPS) is 12.2. The molecule has 0 fully saturated rings. The van der Waals surface area contributed by atoms with Crippen LogP contribution < -0.4 is 5.32 Å². The SMILES string of the molecule is Cn1cc(C(NC(=O)N(CCO)CC(F)F)C(=O)O)cn1. The second kappa shape index (κ2) is 7.53. The highest BCUT2D eigenvalue weighted by Crippen LogP contribution is 2.13. The third-order valence-corrected chi connectivity index (χ3v) is 2.59. The van der Waals surface area contributed by atoms with E-state index >= 15 is 0 Å². The molecular formula is C11H16F2N4O4. The fraction of sp³-hybridized carbons (Fsp3) is 0.545. The molecule has 1 unspecified atom stereocenters. The minimum absolute atomic E-state index is 0.208. The molecule has 1 atom stereocenters. The summed E-state index contributed by atoms with van der Waals surface area (Å²) in [7, 11) is 1.57. The number of aromatic nitrogens is 2. The van der Waals surface area contributed by atoms with E-state index in [0.29, 0.717) is 4.90 Å². The number of halogens is 2. The summed E-state index contributed by atoms with van der Waals surface area (Å²) in [6.07, 6.45) is -0.144. The number of aliphatic hydroxyl groups is 1. The number of carbonyl (C=O) groups is 2. The molecule has 1 heterocycles. The van der Waals surface area contributed by atoms with Crippen molar-refractivity contribution in [2.75, 3.05) is 19.7 Å². The van der Waals surface area contributed by atoms with Crippen LogP contribution in [0.1, 0.15) is 11.6 Å². The van der Waals surface area contributed by atoms with Crippen LogP contribution in [0.2, 0.25) is 0 Å². The average molecular weight is 306 g/mol. The van der Waals surface area contributed by atoms with E-state index in [1.807, 2.05) is 0 Å². The van der Waals surface area contributed by atoms with Crippen molar-refractivity contribution in [1.82, 2.24) is 20.0 Å². The lowest BCUT2D eigenvalue weighted by atomic mass is 10.1. The van der Waals surface area contributed by atoms with Gasteiger partial charge in [-0.1, -0.05) is 0 Å². The van der Waals surface area contributed by atoms with E-state index in [-0.39, 0.29) is 12.1 Å². The minimum Gasteiger partial charge on any atom is -0.479 e. The molecule has 3 N–H and O–H groups in total. The average Bonchev–Trinajstić information content (AvgIpc) is 2.80. The van der Waals surface area contributed by atoms with Crippen LogP contribution >= 0.6 is 0 Å². The number of aryl methyl sites for hydroxylation is 1. The zero-order valence-electron chi connectivity index (χ0n) is 11.2. The van der Waals surface area contributed by atoms with Gasteiger partial charge >= 0.3 is 12.0 Å². The Morgan fingerprint density at radius 2 is 2.19 bits per heavy atom. The Labute approximate surface area is 119 Å². The minimum atomic E-state index is -2.79. The lowest BCUT2D eigenvalue weighted by molar-refractivity contribution is -0.139. The number of carboxylic acids is 1. The van der Waals surface area contributed by atoms with Gasteiger partial charge in [0.1, 0.15) is 0 Å². The van der Waals surface area contributed by atoms with Gasteiger partial charge in [-0.25, -0.2) is 18.4 Å². The largest absolute Gasteiger partial charge is 0.479 e. The van der Waals surface area contributed by atoms with Gasteiger partial charge in [0.05, 0.1) is 19.3 Å². The van der Waals surface area contributed by atoms with Crippen LogP contribution in [0.25, 0.3) is 0 Å². The van der Waals surface area contributed by atoms with Gasteiger partial charge in [-0.15, -0.1) is 0 Å². The maximum absolute atomic E-state index is 12.4. The third-order valence-electron chi connectivity index (χ3n) is 2.59. The molecule has 0 saturated heterocycles. The number of amides is 2. The zero-order valence-corrected chi connectivity index (χ0v) is 11.2. The standard InChI is InChI=1S/C11H16F2N4O4/c1-16-5-7(4-14-16)9(10(19)20)15-11(21)17(2-3-18)6-8(12)13/h4-5,8-9,18H,2-3,6H2,1H3,(H,15,21)(H,19,20). The van der Waals surface area contributed by atoms with Crippen molar-refractivity contribution >= 4 is 12.0 Å². The first-order valence-electron chi connectivity index (χ1n) is 6.01. The van der Waals surface area contributed by atoms with Crippen molar-refractivity contribution in [2.45, 2.75) is 12.5 Å². The molecule has 2 amide bonds. The first-order chi connectivity index (χ1) is 9.85. The predicted octanol–water partition coefficient (Wildman–Crippen LogP) is -0.185. The number of carbonyl (C=O) groups excluding carboxylic acids is 1. The van der Waals surface area contributed by atoms with E-state index in [1.165, 1.54) is 17.1 Å². The zero-order chi connectivity index (χ0) is 16.0. The van der Waals surface area contributed by atoms with E-state index in [2.05, 4.69) is 10.4 Å². The van der Waals surface area contributed by atoms with Crippen molar-refractivity contribution in [2.24, 2.45) is 7.05 Å². The fourth-order valence-electron chi connectivity index (χ4n) is 1.65. The third kappa shape index (κ3) is 4.99. The number of nitrogens with one attached hydrogen (secondary N) is 1. The highest BCUT2D eigenvalue weighted by atomic mass is 19.3. The second-order valence-electron chi connectivity index (χ2n) is 4.23. The van der Waals surface area contributed by atoms with E-state index in [1.54, 1.807) is 7.05 Å². The highest BCUT2D eigenvalue weighted by Gasteiger charge is 2.26. The number of hydrogen-bond acceptors (Lipinski definition) is 4. The number of nitrogens with zero attached hydrogens (tertiary/aromatic N) is 3. The van der Waals surface area contributed by atoms with E-state index in [0.717, 1.165) is 0 Å². The summed E-state index contributed by atoms with van der Waals surface area (Å²) in [5.41, 5.74) is 0.208. The van der Waals surface area contributed by atoms with Gasteiger partial charge in [-0.2, -0.15) is 5.10 Å². The van der Waals surface area contributed by atoms with Gasteiger partial charge in [0.25, 0.3) is 6.43 Å². The molecule has 0 aliphatic rings. The number of rotatable bonds is 7. The highest BCUT2D eigenvalue weighted by molar-refractivity contribution is 5.83. The monoisotopic (exact) mass is 306 g/mol. The van der Waals surface area contributed by atoms with Crippen molar-refractivity contribution in [3.8, 4) is 0 Å². The Balaban J connectivity index is 2.82. The van der Waals surface area contributed by atoms with Gasteiger partial charge in [0.15, 0.2) is 6.04 Å². The van der Waals surface area contributed by atoms with E-state index in [4.69, 9.17) is 10.2 Å². The van der Waals surface area contributed by atoms with Crippen LogP contribution in [-0.4, -0.2) is 63.0 Å². The molecule has 118 valence electrons. The van der Waals surface area contributed by atoms with Crippen molar-refractivity contribution in [1.29, 1.82) is 0 Å². The molecule has 0 radical (unpaired) electrons. The Hall–Kier alpha value is -2.23. The fourth-order valence-corrected chi connectivity index (χ4v) is 1.65. The van der Waals surface area contributed by atoms with Crippen LogP contribution in [0.5, 0.6) is 0 Å². The Kier molecular flexibility index (Phi) is 6.03. The topological polar surface area (TPSA) is 108 Å². The maximum atomic E-state index is 12.4. The van der Waals surface area contributed by atoms with Gasteiger partial charge in [-0.3, -0.25) is 4.68 Å². The smallest absolute Gasteiger partial charge is 0.331 e. The predicted molar refractivity (Wildman–Crippen MR) is 66.8 cm³/mol. The van der Waals surface area contributed by atoms with Gasteiger partial charge in [-0.05, 0) is 0 Å². The molecule has 8 nitrogen and oxygen atoms in total. The van der Waals surface area contributed by atoms with Crippen LogP contribution in [-0.2, 0) is 11.8 Å². The van der Waals surface area contributed by atoms with Crippen molar-refractivity contribution in [3.63, 3.8) is 0 Å². The number of carboxylic acid groups (broad SMARTS) is 1. The molecule has 0 aliphatic heterocycles. The Bertz CT molecular complexity index is 494. The molecule has 1 aromatic rings. The molecular weight excluding hydrogens is 290 g/mol. The second-order valence-corrected chi connectivity index (χ2v) is 4.23. The summed E-state index contributed by atoms with van der Waals surface area (Å²) in [5.74, 6) is -1.35. The summed E-state index contributed by atoms with van der Waals surface area (Å²) >= 11 is 0. The lowest BCUT2D eigenvalue weighted by Crippen LogP contribution is -2.46. The maximum Gasteiger partial charge on any atom is 0.331 e. The molecule has 1 aromatic heterocycles. The summed E-state index contributed by atoms with van der Waals surface area (Å²) < 4.78 is 26.1. The summed E-state index contributed by atoms with van der Waals surface area (Å²) in [6.45, 7) is -1.73. The number of aliphatic carboxylic acids is 1. The molecule has 1 rings (SSSR count). The first-order valence-corrected chi connectivity index (χ1v) is 6.01. The van der Waals surface area contributed by atoms with Crippen LogP contribution in [0.4, 0.5) is 13.6 Å². The van der Waals surface area contributed by atoms with Gasteiger partial charge < -0.3 is 20.4 Å². The van der Waals surface area contributed by atoms with Crippen LogP contribution in [0.3, 0.4) is 0 Å². The Morgan fingerprint density at radius 1 is 1.52 bits per heavy atom. The molecule has 0 bridgehead atoms. The Morgan fingerprint density at radius 3 is 2.62 bits per heavy atom. The number of alkyl halides is 2. The number of urea groups is 1. The van der Waals surface area contributed by atoms with Crippen LogP contribution in [0.15, 0.2) is 12.4 Å². The lowest BCUT2D eigenvalue weighted by Gasteiger charge is -2.23. The summed E-state index contributed by atoms with van der Waals surface area (Å²) in [4.78, 5) is 23.7. The van der Waals surface area contributed by atoms with E-state index in [9.17, 15) is 18.4 Å². The molecule has 0 aliphatic carbocycles. The van der Waals surface area contributed by atoms with Crippen molar-refractivity contribution in [3.05, 3.63) is 18.0 Å². The summed E-state index contributed by atoms with van der Waals surface area (Å²) in [5, 5.41) is 23.8. The molecule has 21 heavy (non-hydrogen) atoms. The molecule has 0 saturated carbocycles.